The largest absolute Gasteiger partial charge is 0.493 e. The number of nitrogens with zero attached hydrogens (tertiary/aromatic N) is 2. The number of aliphatic imine (C=N–C) groups is 1. The summed E-state index contributed by atoms with van der Waals surface area (Å²) in [5.41, 5.74) is 5.72. The number of ether oxygens (including phenoxy) is 2. The molecule has 2 aromatic carbocycles. The molecule has 0 radical (unpaired) electrons. The highest BCUT2D eigenvalue weighted by Gasteiger charge is 2.34. The van der Waals surface area contributed by atoms with Crippen molar-refractivity contribution in [3.63, 3.8) is 0 Å². The van der Waals surface area contributed by atoms with E-state index in [4.69, 9.17) is 14.5 Å². The average Bonchev–Trinajstić information content (AvgIpc) is 2.77. The van der Waals surface area contributed by atoms with Gasteiger partial charge in [0.15, 0.2) is 11.5 Å². The predicted molar refractivity (Wildman–Crippen MR) is 112 cm³/mol. The summed E-state index contributed by atoms with van der Waals surface area (Å²) in [5, 5.41) is 1.13. The lowest BCUT2D eigenvalue weighted by molar-refractivity contribution is 0.349. The molecular formula is C24H24N2O2. The number of methoxy groups -OCH3 is 2. The number of rotatable bonds is 3. The van der Waals surface area contributed by atoms with E-state index in [1.54, 1.807) is 14.2 Å². The molecule has 0 N–H and O–H groups in total. The Morgan fingerprint density at radius 1 is 0.929 bits per heavy atom. The van der Waals surface area contributed by atoms with Gasteiger partial charge in [-0.1, -0.05) is 25.0 Å². The summed E-state index contributed by atoms with van der Waals surface area (Å²) in [6.07, 6.45) is 6.69. The SMILES string of the molecule is COc1cc2c(cc1OC)[C@H]1CCCC[C@H]1N=C2c1ccc2ncccc2c1. The van der Waals surface area contributed by atoms with Gasteiger partial charge in [0.05, 0.1) is 31.5 Å². The first-order valence-electron chi connectivity index (χ1n) is 9.97. The summed E-state index contributed by atoms with van der Waals surface area (Å²) >= 11 is 0. The summed E-state index contributed by atoms with van der Waals surface area (Å²) in [4.78, 5) is 9.70. The summed E-state index contributed by atoms with van der Waals surface area (Å²) in [7, 11) is 3.39. The zero-order valence-electron chi connectivity index (χ0n) is 16.3. The summed E-state index contributed by atoms with van der Waals surface area (Å²) < 4.78 is 11.2. The van der Waals surface area contributed by atoms with E-state index in [9.17, 15) is 0 Å². The minimum atomic E-state index is 0.346. The zero-order valence-corrected chi connectivity index (χ0v) is 16.3. The third kappa shape index (κ3) is 2.75. The quantitative estimate of drug-likeness (QED) is 0.640. The van der Waals surface area contributed by atoms with Gasteiger partial charge in [-0.2, -0.15) is 0 Å². The van der Waals surface area contributed by atoms with Crippen LogP contribution in [0.15, 0.2) is 53.7 Å². The number of pyridine rings is 1. The maximum atomic E-state index is 5.61. The van der Waals surface area contributed by atoms with E-state index in [-0.39, 0.29) is 0 Å². The van der Waals surface area contributed by atoms with Crippen molar-refractivity contribution in [2.45, 2.75) is 37.6 Å². The minimum absolute atomic E-state index is 0.346. The predicted octanol–water partition coefficient (Wildman–Crippen LogP) is 5.13. The Morgan fingerprint density at radius 3 is 2.61 bits per heavy atom. The minimum Gasteiger partial charge on any atom is -0.493 e. The van der Waals surface area contributed by atoms with Gasteiger partial charge in [0, 0.05) is 28.6 Å². The van der Waals surface area contributed by atoms with Crippen LogP contribution in [0.25, 0.3) is 10.9 Å². The molecule has 28 heavy (non-hydrogen) atoms. The fraction of sp³-hybridized carbons (Fsp3) is 0.333. The van der Waals surface area contributed by atoms with Gasteiger partial charge >= 0.3 is 0 Å². The van der Waals surface area contributed by atoms with Crippen LogP contribution in [0.1, 0.15) is 48.3 Å². The lowest BCUT2D eigenvalue weighted by Crippen LogP contribution is -2.29. The first-order valence-corrected chi connectivity index (χ1v) is 9.97. The van der Waals surface area contributed by atoms with Crippen molar-refractivity contribution in [3.05, 3.63) is 65.4 Å². The second-order valence-electron chi connectivity index (χ2n) is 7.64. The molecule has 0 bridgehead atoms. The van der Waals surface area contributed by atoms with E-state index in [2.05, 4.69) is 41.4 Å². The normalized spacial score (nSPS) is 20.9. The van der Waals surface area contributed by atoms with Crippen LogP contribution in [-0.2, 0) is 0 Å². The number of benzene rings is 2. The molecule has 0 spiro atoms. The van der Waals surface area contributed by atoms with Gasteiger partial charge in [-0.15, -0.1) is 0 Å². The Labute approximate surface area is 165 Å². The summed E-state index contributed by atoms with van der Waals surface area (Å²) in [5.74, 6) is 2.02. The fourth-order valence-electron chi connectivity index (χ4n) is 4.72. The highest BCUT2D eigenvalue weighted by atomic mass is 16.5. The first-order chi connectivity index (χ1) is 13.8. The molecule has 2 atom stereocenters. The maximum Gasteiger partial charge on any atom is 0.161 e. The third-order valence-electron chi connectivity index (χ3n) is 6.11. The van der Waals surface area contributed by atoms with Crippen LogP contribution in [0.2, 0.25) is 0 Å². The van der Waals surface area contributed by atoms with Crippen LogP contribution in [0.3, 0.4) is 0 Å². The number of hydrogen-bond acceptors (Lipinski definition) is 4. The average molecular weight is 372 g/mol. The van der Waals surface area contributed by atoms with Crippen LogP contribution >= 0.6 is 0 Å². The zero-order chi connectivity index (χ0) is 19.1. The van der Waals surface area contributed by atoms with E-state index >= 15 is 0 Å². The van der Waals surface area contributed by atoms with Gasteiger partial charge in [-0.25, -0.2) is 0 Å². The first kappa shape index (κ1) is 17.2. The smallest absolute Gasteiger partial charge is 0.161 e. The highest BCUT2D eigenvalue weighted by Crippen LogP contribution is 2.44. The lowest BCUT2D eigenvalue weighted by atomic mass is 9.75. The topological polar surface area (TPSA) is 43.7 Å². The van der Waals surface area contributed by atoms with Crippen molar-refractivity contribution in [2.75, 3.05) is 14.2 Å². The van der Waals surface area contributed by atoms with E-state index in [1.165, 1.54) is 30.4 Å². The lowest BCUT2D eigenvalue weighted by Gasteiger charge is -2.35. The molecule has 2 aliphatic rings. The van der Waals surface area contributed by atoms with Crippen molar-refractivity contribution >= 4 is 16.6 Å². The van der Waals surface area contributed by atoms with Crippen LogP contribution in [0.4, 0.5) is 0 Å². The number of hydrogen-bond donors (Lipinski definition) is 0. The maximum absolute atomic E-state index is 5.61. The molecule has 1 saturated carbocycles. The van der Waals surface area contributed by atoms with Crippen molar-refractivity contribution in [2.24, 2.45) is 4.99 Å². The molecule has 4 nitrogen and oxygen atoms in total. The van der Waals surface area contributed by atoms with Crippen molar-refractivity contribution in [1.82, 2.24) is 4.98 Å². The Hall–Kier alpha value is -2.88. The van der Waals surface area contributed by atoms with Crippen molar-refractivity contribution in [3.8, 4) is 11.5 Å². The number of fused-ring (bicyclic) bond motifs is 4. The molecule has 1 aliphatic carbocycles. The van der Waals surface area contributed by atoms with Crippen molar-refractivity contribution in [1.29, 1.82) is 0 Å². The second-order valence-corrected chi connectivity index (χ2v) is 7.64. The molecule has 4 heteroatoms. The van der Waals surface area contributed by atoms with E-state index in [0.29, 0.717) is 12.0 Å². The standard InChI is InChI=1S/C24H24N2O2/c1-27-22-13-18-17-7-3-4-8-21(17)26-24(19(18)14-23(22)28-2)16-9-10-20-15(12-16)6-5-11-25-20/h5-6,9-14,17,21H,3-4,7-8H2,1-2H3/t17-,21-/m1/s1. The second kappa shape index (κ2) is 6.93. The molecule has 0 saturated heterocycles. The summed E-state index contributed by atoms with van der Waals surface area (Å²) in [6, 6.07) is 15.1. The van der Waals surface area contributed by atoms with E-state index in [1.807, 2.05) is 12.3 Å². The molecule has 1 fully saturated rings. The molecule has 1 aliphatic heterocycles. The molecule has 0 unspecified atom stereocenters. The van der Waals surface area contributed by atoms with Gasteiger partial charge in [0.2, 0.25) is 0 Å². The van der Waals surface area contributed by atoms with Gasteiger partial charge in [0.25, 0.3) is 0 Å². The monoisotopic (exact) mass is 372 g/mol. The molecule has 1 aromatic heterocycles. The Morgan fingerprint density at radius 2 is 1.75 bits per heavy atom. The van der Waals surface area contributed by atoms with Crippen LogP contribution in [0.5, 0.6) is 11.5 Å². The Balaban J connectivity index is 1.71. The highest BCUT2D eigenvalue weighted by molar-refractivity contribution is 6.16. The summed E-state index contributed by atoms with van der Waals surface area (Å²) in [6.45, 7) is 0. The van der Waals surface area contributed by atoms with Gasteiger partial charge < -0.3 is 9.47 Å². The fourth-order valence-corrected chi connectivity index (χ4v) is 4.72. The molecule has 0 amide bonds. The van der Waals surface area contributed by atoms with Crippen LogP contribution < -0.4 is 9.47 Å². The van der Waals surface area contributed by atoms with E-state index in [0.717, 1.165) is 40.1 Å². The van der Waals surface area contributed by atoms with Crippen molar-refractivity contribution < 1.29 is 9.47 Å². The number of aromatic nitrogens is 1. The van der Waals surface area contributed by atoms with Gasteiger partial charge in [-0.3, -0.25) is 9.98 Å². The molecule has 142 valence electrons. The Kier molecular flexibility index (Phi) is 4.27. The van der Waals surface area contributed by atoms with Crippen LogP contribution in [-0.4, -0.2) is 31.0 Å². The Bertz CT molecular complexity index is 1070. The molecular weight excluding hydrogens is 348 g/mol. The van der Waals surface area contributed by atoms with Gasteiger partial charge in [0.1, 0.15) is 0 Å². The molecule has 2 heterocycles. The van der Waals surface area contributed by atoms with Gasteiger partial charge in [-0.05, 0) is 48.7 Å². The molecule has 3 aromatic rings. The molecule has 5 rings (SSSR count). The third-order valence-corrected chi connectivity index (χ3v) is 6.11. The van der Waals surface area contributed by atoms with Crippen LogP contribution in [0, 0.1) is 0 Å². The van der Waals surface area contributed by atoms with E-state index < -0.39 is 0 Å².